The number of carbonyl (C=O) groups is 2. The second kappa shape index (κ2) is 10.8. The van der Waals surface area contributed by atoms with E-state index in [2.05, 4.69) is 10.6 Å². The summed E-state index contributed by atoms with van der Waals surface area (Å²) < 4.78 is 29.1. The molecule has 8 nitrogen and oxygen atoms in total. The lowest BCUT2D eigenvalue weighted by Gasteiger charge is -2.35. The third-order valence-electron chi connectivity index (χ3n) is 6.67. The number of fused-ring (bicyclic) bond motifs is 1. The van der Waals surface area contributed by atoms with Gasteiger partial charge >= 0.3 is 0 Å². The first-order valence-electron chi connectivity index (χ1n) is 12.2. The van der Waals surface area contributed by atoms with Gasteiger partial charge in [0, 0.05) is 22.0 Å². The molecule has 3 aromatic carbocycles. The summed E-state index contributed by atoms with van der Waals surface area (Å²) in [6.07, 6.45) is 1.37. The Morgan fingerprint density at radius 3 is 2.33 bits per heavy atom. The van der Waals surface area contributed by atoms with Gasteiger partial charge < -0.3 is 16.4 Å². The first-order chi connectivity index (χ1) is 17.3. The van der Waals surface area contributed by atoms with Gasteiger partial charge in [0.25, 0.3) is 21.8 Å². The molecule has 4 N–H and O–H groups in total. The molecular formula is C27H32N4O4S. The molecule has 9 heteroatoms. The van der Waals surface area contributed by atoms with Crippen LogP contribution >= 0.6 is 0 Å². The molecule has 0 spiro atoms. The minimum atomic E-state index is -4.22. The van der Waals surface area contributed by atoms with Crippen LogP contribution in [0.2, 0.25) is 0 Å². The number of nitrogens with zero attached hydrogens (tertiary/aromatic N) is 1. The molecule has 190 valence electrons. The van der Waals surface area contributed by atoms with Crippen molar-refractivity contribution in [2.75, 3.05) is 18.4 Å². The maximum Gasteiger partial charge on any atom is 0.267 e. The fourth-order valence-corrected chi connectivity index (χ4v) is 6.49. The third-order valence-corrected chi connectivity index (χ3v) is 8.58. The lowest BCUT2D eigenvalue weighted by Crippen LogP contribution is -2.53. The quantitative estimate of drug-likeness (QED) is 0.450. The zero-order valence-corrected chi connectivity index (χ0v) is 21.3. The summed E-state index contributed by atoms with van der Waals surface area (Å²) in [5.74, 6) is -0.875. The van der Waals surface area contributed by atoms with Crippen molar-refractivity contribution in [3.05, 3.63) is 71.8 Å². The van der Waals surface area contributed by atoms with Crippen LogP contribution in [-0.2, 0) is 14.8 Å². The summed E-state index contributed by atoms with van der Waals surface area (Å²) in [6, 6.07) is 15.9. The van der Waals surface area contributed by atoms with E-state index in [9.17, 15) is 18.0 Å². The first kappa shape index (κ1) is 25.8. The highest BCUT2D eigenvalue weighted by molar-refractivity contribution is 7.90. The molecule has 36 heavy (non-hydrogen) atoms. The molecule has 1 heterocycles. The fourth-order valence-electron chi connectivity index (χ4n) is 4.60. The van der Waals surface area contributed by atoms with Crippen LogP contribution in [0.3, 0.4) is 0 Å². The molecule has 1 saturated heterocycles. The normalized spacial score (nSPS) is 15.4. The number of anilines is 1. The van der Waals surface area contributed by atoms with E-state index in [0.29, 0.717) is 54.4 Å². The number of hydrogen-bond acceptors (Lipinski definition) is 6. The number of nitrogens with two attached hydrogens (primary N) is 1. The van der Waals surface area contributed by atoms with Crippen LogP contribution < -0.4 is 16.4 Å². The maximum absolute atomic E-state index is 14.0. The molecule has 0 aromatic heterocycles. The van der Waals surface area contributed by atoms with Crippen molar-refractivity contribution in [3.63, 3.8) is 0 Å². The SMILES string of the molecule is CCC(N)C(=O)N(C1CCNCC1)S(=O)(=O)c1ccc(NC(=O)c2ccccc2C)c2ccccc12. The largest absolute Gasteiger partial charge is 0.321 e. The monoisotopic (exact) mass is 508 g/mol. The molecule has 1 unspecified atom stereocenters. The van der Waals surface area contributed by atoms with Crippen molar-refractivity contribution in [1.29, 1.82) is 0 Å². The number of hydrogen-bond donors (Lipinski definition) is 3. The van der Waals surface area contributed by atoms with Crippen molar-refractivity contribution in [3.8, 4) is 0 Å². The Labute approximate surface area is 211 Å². The van der Waals surface area contributed by atoms with E-state index in [4.69, 9.17) is 5.73 Å². The van der Waals surface area contributed by atoms with Gasteiger partial charge in [0.05, 0.1) is 17.0 Å². The van der Waals surface area contributed by atoms with Crippen molar-refractivity contribution in [1.82, 2.24) is 9.62 Å². The first-order valence-corrected chi connectivity index (χ1v) is 13.6. The summed E-state index contributed by atoms with van der Waals surface area (Å²) in [6.45, 7) is 4.86. The average molecular weight is 509 g/mol. The molecule has 0 radical (unpaired) electrons. The predicted octanol–water partition coefficient (Wildman–Crippen LogP) is 3.41. The van der Waals surface area contributed by atoms with E-state index < -0.39 is 28.0 Å². The summed E-state index contributed by atoms with van der Waals surface area (Å²) in [4.78, 5) is 26.3. The Hall–Kier alpha value is -3.27. The second-order valence-corrected chi connectivity index (χ2v) is 10.8. The molecule has 1 fully saturated rings. The molecule has 0 saturated carbocycles. The van der Waals surface area contributed by atoms with Gasteiger partial charge in [0.15, 0.2) is 0 Å². The number of benzene rings is 3. The van der Waals surface area contributed by atoms with Gasteiger partial charge in [-0.2, -0.15) is 0 Å². The van der Waals surface area contributed by atoms with E-state index in [0.717, 1.165) is 9.87 Å². The third kappa shape index (κ3) is 5.00. The van der Waals surface area contributed by atoms with Gasteiger partial charge in [0.2, 0.25) is 0 Å². The van der Waals surface area contributed by atoms with Gasteiger partial charge in [-0.1, -0.05) is 49.4 Å². The van der Waals surface area contributed by atoms with Crippen LogP contribution in [-0.4, -0.2) is 49.7 Å². The highest BCUT2D eigenvalue weighted by Crippen LogP contribution is 2.33. The van der Waals surface area contributed by atoms with Gasteiger partial charge in [-0.05, 0) is 63.0 Å². The van der Waals surface area contributed by atoms with Crippen molar-refractivity contribution < 1.29 is 18.0 Å². The van der Waals surface area contributed by atoms with E-state index in [1.807, 2.05) is 19.1 Å². The zero-order chi connectivity index (χ0) is 25.9. The lowest BCUT2D eigenvalue weighted by molar-refractivity contribution is -0.129. The zero-order valence-electron chi connectivity index (χ0n) is 20.5. The topological polar surface area (TPSA) is 122 Å². The fraction of sp³-hybridized carbons (Fsp3) is 0.333. The van der Waals surface area contributed by atoms with E-state index in [1.54, 1.807) is 49.4 Å². The van der Waals surface area contributed by atoms with Crippen LogP contribution in [0.4, 0.5) is 5.69 Å². The molecule has 3 aromatic rings. The van der Waals surface area contributed by atoms with E-state index in [-0.39, 0.29) is 10.8 Å². The summed E-state index contributed by atoms with van der Waals surface area (Å²) in [7, 11) is -4.22. The number of rotatable bonds is 7. The summed E-state index contributed by atoms with van der Waals surface area (Å²) >= 11 is 0. The lowest BCUT2D eigenvalue weighted by atomic mass is 10.1. The van der Waals surface area contributed by atoms with Crippen LogP contribution in [0.15, 0.2) is 65.6 Å². The minimum absolute atomic E-state index is 0.0159. The smallest absolute Gasteiger partial charge is 0.267 e. The van der Waals surface area contributed by atoms with Crippen LogP contribution in [0.5, 0.6) is 0 Å². The molecule has 1 aliphatic rings. The molecular weight excluding hydrogens is 476 g/mol. The predicted molar refractivity (Wildman–Crippen MR) is 141 cm³/mol. The number of aryl methyl sites for hydroxylation is 1. The van der Waals surface area contributed by atoms with Crippen molar-refractivity contribution in [2.24, 2.45) is 5.73 Å². The average Bonchev–Trinajstić information content (AvgIpc) is 2.89. The van der Waals surface area contributed by atoms with E-state index in [1.165, 1.54) is 6.07 Å². The molecule has 0 bridgehead atoms. The molecule has 0 aliphatic carbocycles. The van der Waals surface area contributed by atoms with Gasteiger partial charge in [0.1, 0.15) is 0 Å². The maximum atomic E-state index is 14.0. The van der Waals surface area contributed by atoms with Crippen LogP contribution in [0.1, 0.15) is 42.1 Å². The van der Waals surface area contributed by atoms with Crippen molar-refractivity contribution in [2.45, 2.75) is 50.1 Å². The molecule has 1 aliphatic heterocycles. The Kier molecular flexibility index (Phi) is 7.73. The molecule has 1 atom stereocenters. The standard InChI is InChI=1S/C27H32N4O4S/c1-3-23(28)27(33)31(19-14-16-29-17-15-19)36(34,35)25-13-12-24(21-10-6-7-11-22(21)25)30-26(32)20-9-5-4-8-18(20)2/h4-13,19,23,29H,3,14-17,28H2,1-2H3,(H,30,32). The highest BCUT2D eigenvalue weighted by atomic mass is 32.2. The summed E-state index contributed by atoms with van der Waals surface area (Å²) in [5, 5.41) is 7.13. The Bertz CT molecular complexity index is 1380. The summed E-state index contributed by atoms with van der Waals surface area (Å²) in [5.41, 5.74) is 7.90. The highest BCUT2D eigenvalue weighted by Gasteiger charge is 2.39. The number of amides is 2. The minimum Gasteiger partial charge on any atom is -0.321 e. The Balaban J connectivity index is 1.78. The molecule has 2 amide bonds. The number of nitrogens with one attached hydrogen (secondary N) is 2. The Morgan fingerprint density at radius 2 is 1.67 bits per heavy atom. The van der Waals surface area contributed by atoms with Crippen molar-refractivity contribution >= 4 is 38.3 Å². The second-order valence-electron chi connectivity index (χ2n) is 9.06. The van der Waals surface area contributed by atoms with Crippen LogP contribution in [0, 0.1) is 6.92 Å². The number of sulfonamides is 1. The van der Waals surface area contributed by atoms with E-state index >= 15 is 0 Å². The van der Waals surface area contributed by atoms with Gasteiger partial charge in [-0.25, -0.2) is 12.7 Å². The van der Waals surface area contributed by atoms with Gasteiger partial charge in [-0.3, -0.25) is 9.59 Å². The Morgan fingerprint density at radius 1 is 1.03 bits per heavy atom. The van der Waals surface area contributed by atoms with Crippen LogP contribution in [0.25, 0.3) is 10.8 Å². The molecule has 4 rings (SSSR count). The number of piperidine rings is 1. The number of carbonyl (C=O) groups excluding carboxylic acids is 2. The van der Waals surface area contributed by atoms with Gasteiger partial charge in [-0.15, -0.1) is 0 Å².